The molecule has 0 aliphatic carbocycles. The van der Waals surface area contributed by atoms with Gasteiger partial charge in [-0.2, -0.15) is 0 Å². The summed E-state index contributed by atoms with van der Waals surface area (Å²) < 4.78 is 7.47. The highest BCUT2D eigenvalue weighted by molar-refractivity contribution is 5.79. The first-order valence-electron chi connectivity index (χ1n) is 8.78. The molecule has 1 N–H and O–H groups in total. The largest absolute Gasteiger partial charge is 0.444 e. The predicted octanol–water partition coefficient (Wildman–Crippen LogP) is 4.92. The Balaban J connectivity index is 2.04. The third kappa shape index (κ3) is 3.87. The van der Waals surface area contributed by atoms with Crippen molar-refractivity contribution in [1.29, 1.82) is 0 Å². The van der Waals surface area contributed by atoms with Crippen molar-refractivity contribution in [3.63, 3.8) is 0 Å². The Bertz CT molecular complexity index is 924. The second kappa shape index (κ2) is 6.83. The van der Waals surface area contributed by atoms with Crippen molar-refractivity contribution in [1.82, 2.24) is 14.9 Å². The van der Waals surface area contributed by atoms with Crippen LogP contribution in [0.1, 0.15) is 45.1 Å². The molecule has 1 atom stereocenters. The van der Waals surface area contributed by atoms with Gasteiger partial charge in [0.15, 0.2) is 0 Å². The van der Waals surface area contributed by atoms with Gasteiger partial charge in [0, 0.05) is 5.69 Å². The van der Waals surface area contributed by atoms with Crippen LogP contribution in [0.5, 0.6) is 0 Å². The molecule has 1 aromatic heterocycles. The van der Waals surface area contributed by atoms with Gasteiger partial charge in [-0.05, 0) is 64.4 Å². The number of aryl methyl sites for hydroxylation is 1. The SMILES string of the molecule is Cc1ccc2nc(C(C)NC(=O)OC(C)(C)C)n(-c3ccccc3)c2c1. The third-order valence-corrected chi connectivity index (χ3v) is 3.97. The van der Waals surface area contributed by atoms with Gasteiger partial charge in [0.2, 0.25) is 0 Å². The number of ether oxygens (including phenoxy) is 1. The Morgan fingerprint density at radius 2 is 1.85 bits per heavy atom. The first kappa shape index (κ1) is 18.0. The van der Waals surface area contributed by atoms with Crippen molar-refractivity contribution >= 4 is 17.1 Å². The van der Waals surface area contributed by atoms with Crippen molar-refractivity contribution in [2.45, 2.75) is 46.3 Å². The third-order valence-electron chi connectivity index (χ3n) is 3.97. The number of nitrogens with one attached hydrogen (secondary N) is 1. The van der Waals surface area contributed by atoms with Crippen LogP contribution in [0.15, 0.2) is 48.5 Å². The first-order chi connectivity index (χ1) is 12.2. The van der Waals surface area contributed by atoms with Crippen LogP contribution in [-0.2, 0) is 4.74 Å². The Hall–Kier alpha value is -2.82. The smallest absolute Gasteiger partial charge is 0.408 e. The molecular formula is C21H25N3O2. The van der Waals surface area contributed by atoms with Crippen molar-refractivity contribution in [3.05, 3.63) is 59.9 Å². The minimum atomic E-state index is -0.541. The maximum atomic E-state index is 12.2. The number of hydrogen-bond acceptors (Lipinski definition) is 3. The average molecular weight is 351 g/mol. The number of nitrogens with zero attached hydrogens (tertiary/aromatic N) is 2. The van der Waals surface area contributed by atoms with Crippen LogP contribution in [0.4, 0.5) is 4.79 Å². The van der Waals surface area contributed by atoms with Crippen molar-refractivity contribution in [3.8, 4) is 5.69 Å². The summed E-state index contributed by atoms with van der Waals surface area (Å²) in [7, 11) is 0. The molecule has 1 unspecified atom stereocenters. The number of amides is 1. The van der Waals surface area contributed by atoms with Gasteiger partial charge in [-0.1, -0.05) is 24.3 Å². The van der Waals surface area contributed by atoms with E-state index in [1.165, 1.54) is 0 Å². The normalized spacial score (nSPS) is 12.8. The second-order valence-corrected chi connectivity index (χ2v) is 7.50. The molecule has 0 radical (unpaired) electrons. The second-order valence-electron chi connectivity index (χ2n) is 7.50. The fourth-order valence-corrected chi connectivity index (χ4v) is 2.89. The van der Waals surface area contributed by atoms with Crippen LogP contribution in [0, 0.1) is 6.92 Å². The Labute approximate surface area is 154 Å². The lowest BCUT2D eigenvalue weighted by molar-refractivity contribution is 0.0505. The van der Waals surface area contributed by atoms with E-state index in [-0.39, 0.29) is 6.04 Å². The number of imidazole rings is 1. The molecule has 0 aliphatic heterocycles. The zero-order valence-electron chi connectivity index (χ0n) is 15.9. The standard InChI is InChI=1S/C21H25N3O2/c1-14-11-12-17-18(13-14)24(16-9-7-6-8-10-16)19(23-17)15(2)22-20(25)26-21(3,4)5/h6-13,15H,1-5H3,(H,22,25). The van der Waals surface area contributed by atoms with E-state index in [1.54, 1.807) is 0 Å². The Kier molecular flexibility index (Phi) is 4.72. The van der Waals surface area contributed by atoms with Crippen molar-refractivity contribution in [2.24, 2.45) is 0 Å². The number of fused-ring (bicyclic) bond motifs is 1. The quantitative estimate of drug-likeness (QED) is 0.729. The van der Waals surface area contributed by atoms with Crippen LogP contribution in [0.3, 0.4) is 0 Å². The number of hydrogen-bond donors (Lipinski definition) is 1. The number of carbonyl (C=O) groups is 1. The predicted molar refractivity (Wildman–Crippen MR) is 104 cm³/mol. The highest BCUT2D eigenvalue weighted by atomic mass is 16.6. The van der Waals surface area contributed by atoms with Crippen LogP contribution < -0.4 is 5.32 Å². The summed E-state index contributed by atoms with van der Waals surface area (Å²) in [5.41, 5.74) is 3.54. The van der Waals surface area contributed by atoms with Gasteiger partial charge in [-0.3, -0.25) is 4.57 Å². The lowest BCUT2D eigenvalue weighted by Gasteiger charge is -2.22. The topological polar surface area (TPSA) is 56.1 Å². The van der Waals surface area contributed by atoms with Gasteiger partial charge in [0.25, 0.3) is 0 Å². The molecule has 2 aromatic carbocycles. The van der Waals surface area contributed by atoms with E-state index in [4.69, 9.17) is 9.72 Å². The van der Waals surface area contributed by atoms with Crippen molar-refractivity contribution < 1.29 is 9.53 Å². The number of alkyl carbamates (subject to hydrolysis) is 1. The van der Waals surface area contributed by atoms with E-state index in [9.17, 15) is 4.79 Å². The fourth-order valence-electron chi connectivity index (χ4n) is 2.89. The van der Waals surface area contributed by atoms with Gasteiger partial charge < -0.3 is 10.1 Å². The molecule has 0 fully saturated rings. The lowest BCUT2D eigenvalue weighted by atomic mass is 10.2. The molecule has 0 aliphatic rings. The van der Waals surface area contributed by atoms with Gasteiger partial charge in [0.05, 0.1) is 17.1 Å². The summed E-state index contributed by atoms with van der Waals surface area (Å²) in [4.78, 5) is 17.0. The molecule has 1 heterocycles. The maximum Gasteiger partial charge on any atom is 0.408 e. The molecule has 136 valence electrons. The van der Waals surface area contributed by atoms with Gasteiger partial charge in [-0.25, -0.2) is 9.78 Å². The number of aromatic nitrogens is 2. The molecule has 5 heteroatoms. The number of para-hydroxylation sites is 1. The summed E-state index contributed by atoms with van der Waals surface area (Å²) in [5, 5.41) is 2.89. The number of benzene rings is 2. The van der Waals surface area contributed by atoms with Gasteiger partial charge >= 0.3 is 6.09 Å². The highest BCUT2D eigenvalue weighted by Gasteiger charge is 2.22. The fraction of sp³-hybridized carbons (Fsp3) is 0.333. The minimum absolute atomic E-state index is 0.308. The molecule has 1 amide bonds. The molecule has 0 spiro atoms. The Morgan fingerprint density at radius 1 is 1.15 bits per heavy atom. The van der Waals surface area contributed by atoms with Gasteiger partial charge in [-0.15, -0.1) is 0 Å². The molecule has 0 bridgehead atoms. The summed E-state index contributed by atoms with van der Waals surface area (Å²) in [6, 6.07) is 15.9. The lowest BCUT2D eigenvalue weighted by Crippen LogP contribution is -2.34. The average Bonchev–Trinajstić information content (AvgIpc) is 2.92. The monoisotopic (exact) mass is 351 g/mol. The number of rotatable bonds is 3. The van der Waals surface area contributed by atoms with Crippen molar-refractivity contribution in [2.75, 3.05) is 0 Å². The number of carbonyl (C=O) groups excluding carboxylic acids is 1. The summed E-state index contributed by atoms with van der Waals surface area (Å²) in [6.07, 6.45) is -0.451. The molecule has 0 saturated carbocycles. The van der Waals surface area contributed by atoms with E-state index in [0.717, 1.165) is 28.1 Å². The van der Waals surface area contributed by atoms with E-state index in [1.807, 2.05) is 70.2 Å². The first-order valence-corrected chi connectivity index (χ1v) is 8.78. The zero-order valence-corrected chi connectivity index (χ0v) is 15.9. The molecule has 0 saturated heterocycles. The summed E-state index contributed by atoms with van der Waals surface area (Å²) in [6.45, 7) is 9.51. The van der Waals surface area contributed by atoms with E-state index in [2.05, 4.69) is 22.9 Å². The maximum absolute atomic E-state index is 12.2. The van der Waals surface area contributed by atoms with Gasteiger partial charge in [0.1, 0.15) is 11.4 Å². The molecule has 3 aromatic rings. The summed E-state index contributed by atoms with van der Waals surface area (Å²) in [5.74, 6) is 0.766. The molecule has 3 rings (SSSR count). The summed E-state index contributed by atoms with van der Waals surface area (Å²) >= 11 is 0. The van der Waals surface area contributed by atoms with E-state index in [0.29, 0.717) is 0 Å². The van der Waals surface area contributed by atoms with Crippen LogP contribution in [0.25, 0.3) is 16.7 Å². The molecule has 5 nitrogen and oxygen atoms in total. The highest BCUT2D eigenvalue weighted by Crippen LogP contribution is 2.26. The van der Waals surface area contributed by atoms with E-state index >= 15 is 0 Å². The molecular weight excluding hydrogens is 326 g/mol. The molecule has 26 heavy (non-hydrogen) atoms. The van der Waals surface area contributed by atoms with E-state index < -0.39 is 11.7 Å². The van der Waals surface area contributed by atoms with Crippen LogP contribution >= 0.6 is 0 Å². The zero-order chi connectivity index (χ0) is 18.9. The van der Waals surface area contributed by atoms with Crippen LogP contribution in [-0.4, -0.2) is 21.2 Å². The Morgan fingerprint density at radius 3 is 2.50 bits per heavy atom. The van der Waals surface area contributed by atoms with Crippen LogP contribution in [0.2, 0.25) is 0 Å². The minimum Gasteiger partial charge on any atom is -0.444 e.